The lowest BCUT2D eigenvalue weighted by molar-refractivity contribution is -0.142. The Morgan fingerprint density at radius 2 is 1.77 bits per heavy atom. The molecule has 2 atom stereocenters. The van der Waals surface area contributed by atoms with Crippen molar-refractivity contribution >= 4 is 34.1 Å². The number of carbonyl (C=O) groups excluding carboxylic acids is 1. The van der Waals surface area contributed by atoms with Crippen LogP contribution in [-0.4, -0.2) is 24.2 Å². The van der Waals surface area contributed by atoms with Gasteiger partial charge < -0.3 is 15.4 Å². The Kier molecular flexibility index (Phi) is 5.33. The summed E-state index contributed by atoms with van der Waals surface area (Å²) in [7, 11) is 1.36. The highest BCUT2D eigenvalue weighted by Crippen LogP contribution is 2.23. The fraction of sp³-hybridized carbons (Fsp3) is 0.294. The predicted molar refractivity (Wildman–Crippen MR) is 92.7 cm³/mol. The number of methoxy groups -OCH3 is 1. The SMILES string of the molecule is COC(=O)[C@H](C)NC(=S)N[C@H](C)c1cccc2ccccc12. The number of hydrogen-bond donors (Lipinski definition) is 2. The topological polar surface area (TPSA) is 50.4 Å². The number of benzene rings is 2. The normalized spacial score (nSPS) is 13.2. The number of carbonyl (C=O) groups is 1. The van der Waals surface area contributed by atoms with E-state index in [0.717, 1.165) is 5.56 Å². The quantitative estimate of drug-likeness (QED) is 0.671. The first-order valence-corrected chi connectivity index (χ1v) is 7.56. The summed E-state index contributed by atoms with van der Waals surface area (Å²) in [4.78, 5) is 11.4. The van der Waals surface area contributed by atoms with Crippen molar-refractivity contribution in [1.82, 2.24) is 10.6 Å². The smallest absolute Gasteiger partial charge is 0.328 e. The molecular formula is C17H20N2O2S. The van der Waals surface area contributed by atoms with Crippen molar-refractivity contribution in [3.05, 3.63) is 48.0 Å². The molecule has 0 aromatic heterocycles. The van der Waals surface area contributed by atoms with Gasteiger partial charge in [-0.05, 0) is 42.4 Å². The first-order chi connectivity index (χ1) is 10.5. The summed E-state index contributed by atoms with van der Waals surface area (Å²) in [5.74, 6) is -0.345. The summed E-state index contributed by atoms with van der Waals surface area (Å²) < 4.78 is 4.67. The average Bonchev–Trinajstić information content (AvgIpc) is 2.53. The maximum absolute atomic E-state index is 11.4. The number of fused-ring (bicyclic) bond motifs is 1. The van der Waals surface area contributed by atoms with Crippen molar-refractivity contribution in [3.8, 4) is 0 Å². The van der Waals surface area contributed by atoms with Gasteiger partial charge in [0.25, 0.3) is 0 Å². The number of rotatable bonds is 4. The molecule has 5 heteroatoms. The monoisotopic (exact) mass is 316 g/mol. The van der Waals surface area contributed by atoms with Crippen LogP contribution in [0.4, 0.5) is 0 Å². The zero-order valence-corrected chi connectivity index (χ0v) is 13.7. The molecule has 0 fully saturated rings. The van der Waals surface area contributed by atoms with E-state index in [9.17, 15) is 4.79 Å². The Hall–Kier alpha value is -2.14. The maximum Gasteiger partial charge on any atom is 0.328 e. The van der Waals surface area contributed by atoms with E-state index in [1.165, 1.54) is 17.9 Å². The third-order valence-electron chi connectivity index (χ3n) is 3.54. The Morgan fingerprint density at radius 1 is 1.09 bits per heavy atom. The molecule has 0 saturated carbocycles. The van der Waals surface area contributed by atoms with Gasteiger partial charge in [-0.3, -0.25) is 0 Å². The van der Waals surface area contributed by atoms with E-state index >= 15 is 0 Å². The van der Waals surface area contributed by atoms with E-state index in [2.05, 4.69) is 39.6 Å². The van der Waals surface area contributed by atoms with Crippen LogP contribution < -0.4 is 10.6 Å². The minimum atomic E-state index is -0.482. The first kappa shape index (κ1) is 16.2. The van der Waals surface area contributed by atoms with Crippen molar-refractivity contribution in [3.63, 3.8) is 0 Å². The van der Waals surface area contributed by atoms with E-state index in [4.69, 9.17) is 12.2 Å². The first-order valence-electron chi connectivity index (χ1n) is 7.15. The van der Waals surface area contributed by atoms with Gasteiger partial charge in [0.2, 0.25) is 0 Å². The van der Waals surface area contributed by atoms with Crippen LogP contribution in [0.15, 0.2) is 42.5 Å². The van der Waals surface area contributed by atoms with Crippen molar-refractivity contribution in [2.75, 3.05) is 7.11 Å². The molecule has 0 radical (unpaired) electrons. The highest BCUT2D eigenvalue weighted by Gasteiger charge is 2.16. The van der Waals surface area contributed by atoms with Crippen LogP contribution in [0.2, 0.25) is 0 Å². The summed E-state index contributed by atoms with van der Waals surface area (Å²) in [6.07, 6.45) is 0. The number of ether oxygens (including phenoxy) is 1. The van der Waals surface area contributed by atoms with Crippen molar-refractivity contribution in [1.29, 1.82) is 0 Å². The highest BCUT2D eigenvalue weighted by molar-refractivity contribution is 7.80. The van der Waals surface area contributed by atoms with Gasteiger partial charge in [0.15, 0.2) is 5.11 Å². The van der Waals surface area contributed by atoms with E-state index in [1.807, 2.05) is 25.1 Å². The predicted octanol–water partition coefficient (Wildman–Crippen LogP) is 2.93. The summed E-state index contributed by atoms with van der Waals surface area (Å²) in [6.45, 7) is 3.75. The maximum atomic E-state index is 11.4. The van der Waals surface area contributed by atoms with Gasteiger partial charge >= 0.3 is 5.97 Å². The van der Waals surface area contributed by atoms with Crippen LogP contribution in [0.5, 0.6) is 0 Å². The molecule has 0 spiro atoms. The molecule has 0 aliphatic heterocycles. The average molecular weight is 316 g/mol. The molecule has 2 N–H and O–H groups in total. The van der Waals surface area contributed by atoms with Crippen LogP contribution in [0.25, 0.3) is 10.8 Å². The number of thiocarbonyl (C=S) groups is 1. The van der Waals surface area contributed by atoms with Crippen LogP contribution in [-0.2, 0) is 9.53 Å². The molecule has 0 amide bonds. The molecule has 2 aromatic carbocycles. The molecule has 2 aromatic rings. The Labute approximate surface area is 135 Å². The van der Waals surface area contributed by atoms with E-state index in [1.54, 1.807) is 6.92 Å². The Bertz CT molecular complexity index is 682. The van der Waals surface area contributed by atoms with Gasteiger partial charge in [-0.25, -0.2) is 4.79 Å². The molecule has 22 heavy (non-hydrogen) atoms. The van der Waals surface area contributed by atoms with Crippen LogP contribution in [0.3, 0.4) is 0 Å². The lowest BCUT2D eigenvalue weighted by atomic mass is 10.00. The Morgan fingerprint density at radius 3 is 2.50 bits per heavy atom. The minimum Gasteiger partial charge on any atom is -0.467 e. The van der Waals surface area contributed by atoms with Crippen LogP contribution in [0, 0.1) is 0 Å². The van der Waals surface area contributed by atoms with Crippen molar-refractivity contribution < 1.29 is 9.53 Å². The second-order valence-electron chi connectivity index (χ2n) is 5.15. The lowest BCUT2D eigenvalue weighted by Gasteiger charge is -2.21. The third-order valence-corrected chi connectivity index (χ3v) is 3.78. The number of esters is 1. The molecule has 0 aliphatic carbocycles. The fourth-order valence-electron chi connectivity index (χ4n) is 2.38. The molecule has 0 bridgehead atoms. The van der Waals surface area contributed by atoms with Crippen LogP contribution >= 0.6 is 12.2 Å². The molecular weight excluding hydrogens is 296 g/mol. The number of nitrogens with one attached hydrogen (secondary N) is 2. The Balaban J connectivity index is 2.09. The second-order valence-corrected chi connectivity index (χ2v) is 5.56. The summed E-state index contributed by atoms with van der Waals surface area (Å²) >= 11 is 5.27. The van der Waals surface area contributed by atoms with E-state index < -0.39 is 6.04 Å². The fourth-order valence-corrected chi connectivity index (χ4v) is 2.73. The van der Waals surface area contributed by atoms with Gasteiger partial charge in [0, 0.05) is 0 Å². The molecule has 0 saturated heterocycles. The molecule has 0 unspecified atom stereocenters. The van der Waals surface area contributed by atoms with Gasteiger partial charge in [-0.2, -0.15) is 0 Å². The molecule has 2 rings (SSSR count). The zero-order valence-electron chi connectivity index (χ0n) is 12.9. The van der Waals surface area contributed by atoms with Gasteiger partial charge in [0.05, 0.1) is 13.2 Å². The molecule has 4 nitrogen and oxygen atoms in total. The van der Waals surface area contributed by atoms with Gasteiger partial charge in [-0.15, -0.1) is 0 Å². The van der Waals surface area contributed by atoms with Crippen molar-refractivity contribution in [2.45, 2.75) is 25.9 Å². The molecule has 0 heterocycles. The van der Waals surface area contributed by atoms with Crippen molar-refractivity contribution in [2.24, 2.45) is 0 Å². The second kappa shape index (κ2) is 7.22. The molecule has 0 aliphatic rings. The lowest BCUT2D eigenvalue weighted by Crippen LogP contribution is -2.45. The van der Waals surface area contributed by atoms with Crippen LogP contribution in [0.1, 0.15) is 25.5 Å². The summed E-state index contributed by atoms with van der Waals surface area (Å²) in [6, 6.07) is 14.0. The zero-order chi connectivity index (χ0) is 16.1. The van der Waals surface area contributed by atoms with E-state index in [-0.39, 0.29) is 12.0 Å². The minimum absolute atomic E-state index is 0.0240. The van der Waals surface area contributed by atoms with Gasteiger partial charge in [-0.1, -0.05) is 42.5 Å². The number of hydrogen-bond acceptors (Lipinski definition) is 3. The van der Waals surface area contributed by atoms with E-state index in [0.29, 0.717) is 5.11 Å². The largest absolute Gasteiger partial charge is 0.467 e. The summed E-state index contributed by atoms with van der Waals surface area (Å²) in [5, 5.41) is 8.94. The molecule has 116 valence electrons. The standard InChI is InChI=1S/C17H20N2O2S/c1-11(18-17(22)19-12(2)16(20)21-3)14-10-6-8-13-7-4-5-9-15(13)14/h4-12H,1-3H3,(H2,18,19,22)/t11-,12+/m1/s1. The summed E-state index contributed by atoms with van der Waals surface area (Å²) in [5.41, 5.74) is 1.16. The third kappa shape index (κ3) is 3.74. The van der Waals surface area contributed by atoms with Gasteiger partial charge in [0.1, 0.15) is 6.04 Å². The highest BCUT2D eigenvalue weighted by atomic mass is 32.1.